The number of primary amides is 1. The second-order valence-corrected chi connectivity index (χ2v) is 6.21. The van der Waals surface area contributed by atoms with Gasteiger partial charge in [0.25, 0.3) is 0 Å². The molecule has 0 aliphatic heterocycles. The Morgan fingerprint density at radius 2 is 1.14 bits per heavy atom. The van der Waals surface area contributed by atoms with Crippen molar-refractivity contribution in [3.05, 3.63) is 0 Å². The Morgan fingerprint density at radius 3 is 1.55 bits per heavy atom. The molecule has 0 atom stereocenters. The first-order valence-corrected chi connectivity index (χ1v) is 9.21. The fourth-order valence-electron chi connectivity index (χ4n) is 2.53. The van der Waals surface area contributed by atoms with Crippen LogP contribution in [0.2, 0.25) is 0 Å². The van der Waals surface area contributed by atoms with Gasteiger partial charge in [0.05, 0.1) is 0 Å². The summed E-state index contributed by atoms with van der Waals surface area (Å²) in [6.45, 7) is 2.88. The van der Waals surface area contributed by atoms with Gasteiger partial charge in [0, 0.05) is 19.4 Å². The average Bonchev–Trinajstić information content (AvgIpc) is 2.49. The number of nitrogens with two attached hydrogens (primary N) is 1. The molecule has 22 heavy (non-hydrogen) atoms. The molecular formula is C18H36N2O2. The summed E-state index contributed by atoms with van der Waals surface area (Å²) in [6.07, 6.45) is 15.5. The minimum absolute atomic E-state index is 0.178. The smallest absolute Gasteiger partial charge is 0.219 e. The maximum atomic E-state index is 11.4. The van der Waals surface area contributed by atoms with Crippen LogP contribution in [0.15, 0.2) is 0 Å². The van der Waals surface area contributed by atoms with E-state index in [1.807, 2.05) is 0 Å². The van der Waals surface area contributed by atoms with E-state index in [9.17, 15) is 9.59 Å². The third kappa shape index (κ3) is 17.0. The normalized spacial score (nSPS) is 10.6. The molecule has 0 aromatic carbocycles. The Morgan fingerprint density at radius 1 is 0.727 bits per heavy atom. The highest BCUT2D eigenvalue weighted by Crippen LogP contribution is 2.12. The maximum Gasteiger partial charge on any atom is 0.219 e. The SMILES string of the molecule is CCCNC(=O)CCCCCCCCCCCCCC(N)=O. The monoisotopic (exact) mass is 312 g/mol. The van der Waals surface area contributed by atoms with Crippen molar-refractivity contribution in [2.75, 3.05) is 6.54 Å². The van der Waals surface area contributed by atoms with Gasteiger partial charge in [0.1, 0.15) is 0 Å². The van der Waals surface area contributed by atoms with Crippen LogP contribution in [0.25, 0.3) is 0 Å². The number of nitrogens with one attached hydrogen (secondary N) is 1. The molecule has 4 heteroatoms. The van der Waals surface area contributed by atoms with Crippen molar-refractivity contribution in [2.45, 2.75) is 96.8 Å². The van der Waals surface area contributed by atoms with Crippen LogP contribution in [0.1, 0.15) is 96.8 Å². The van der Waals surface area contributed by atoms with Gasteiger partial charge in [-0.2, -0.15) is 0 Å². The predicted octanol–water partition coefficient (Wildman–Crippen LogP) is 4.07. The average molecular weight is 312 g/mol. The van der Waals surface area contributed by atoms with E-state index in [0.29, 0.717) is 12.8 Å². The first kappa shape index (κ1) is 20.9. The molecule has 0 aliphatic carbocycles. The molecule has 0 radical (unpaired) electrons. The number of carbonyl (C=O) groups is 2. The predicted molar refractivity (Wildman–Crippen MR) is 92.5 cm³/mol. The van der Waals surface area contributed by atoms with Crippen LogP contribution < -0.4 is 11.1 Å². The summed E-state index contributed by atoms with van der Waals surface area (Å²) < 4.78 is 0. The van der Waals surface area contributed by atoms with Crippen molar-refractivity contribution in [3.63, 3.8) is 0 Å². The number of hydrogen-bond acceptors (Lipinski definition) is 2. The van der Waals surface area contributed by atoms with Crippen LogP contribution in [0, 0.1) is 0 Å². The van der Waals surface area contributed by atoms with Crippen molar-refractivity contribution in [1.29, 1.82) is 0 Å². The van der Waals surface area contributed by atoms with Gasteiger partial charge < -0.3 is 11.1 Å². The fourth-order valence-corrected chi connectivity index (χ4v) is 2.53. The van der Waals surface area contributed by atoms with Gasteiger partial charge in [0.2, 0.25) is 11.8 Å². The van der Waals surface area contributed by atoms with Crippen molar-refractivity contribution in [1.82, 2.24) is 5.32 Å². The van der Waals surface area contributed by atoms with Crippen LogP contribution in [-0.2, 0) is 9.59 Å². The molecule has 130 valence electrons. The van der Waals surface area contributed by atoms with Gasteiger partial charge in [-0.1, -0.05) is 64.7 Å². The van der Waals surface area contributed by atoms with Crippen molar-refractivity contribution in [3.8, 4) is 0 Å². The van der Waals surface area contributed by atoms with Crippen LogP contribution in [0.5, 0.6) is 0 Å². The zero-order valence-corrected chi connectivity index (χ0v) is 14.5. The lowest BCUT2D eigenvalue weighted by Gasteiger charge is -2.04. The number of hydrogen-bond donors (Lipinski definition) is 2. The highest BCUT2D eigenvalue weighted by atomic mass is 16.1. The molecule has 0 bridgehead atoms. The lowest BCUT2D eigenvalue weighted by Crippen LogP contribution is -2.23. The first-order valence-electron chi connectivity index (χ1n) is 9.21. The highest BCUT2D eigenvalue weighted by Gasteiger charge is 1.99. The van der Waals surface area contributed by atoms with E-state index in [1.165, 1.54) is 51.4 Å². The number of unbranched alkanes of at least 4 members (excludes halogenated alkanes) is 10. The van der Waals surface area contributed by atoms with Crippen molar-refractivity contribution >= 4 is 11.8 Å². The van der Waals surface area contributed by atoms with Crippen molar-refractivity contribution in [2.24, 2.45) is 5.73 Å². The first-order chi connectivity index (χ1) is 10.7. The summed E-state index contributed by atoms with van der Waals surface area (Å²) in [6, 6.07) is 0. The Balaban J connectivity index is 3.08. The van der Waals surface area contributed by atoms with Gasteiger partial charge in [-0.15, -0.1) is 0 Å². The lowest BCUT2D eigenvalue weighted by atomic mass is 10.0. The van der Waals surface area contributed by atoms with Crippen LogP contribution in [0.3, 0.4) is 0 Å². The van der Waals surface area contributed by atoms with Crippen LogP contribution >= 0.6 is 0 Å². The molecule has 0 rings (SSSR count). The molecule has 0 saturated heterocycles. The molecule has 0 spiro atoms. The summed E-state index contributed by atoms with van der Waals surface area (Å²) >= 11 is 0. The molecule has 0 fully saturated rings. The summed E-state index contributed by atoms with van der Waals surface area (Å²) in [7, 11) is 0. The van der Waals surface area contributed by atoms with Gasteiger partial charge >= 0.3 is 0 Å². The minimum atomic E-state index is -0.178. The molecule has 0 unspecified atom stereocenters. The van der Waals surface area contributed by atoms with E-state index in [2.05, 4.69) is 12.2 Å². The van der Waals surface area contributed by atoms with Gasteiger partial charge in [-0.05, 0) is 19.3 Å². The summed E-state index contributed by atoms with van der Waals surface area (Å²) in [5.41, 5.74) is 5.10. The van der Waals surface area contributed by atoms with Gasteiger partial charge in [0.15, 0.2) is 0 Å². The largest absolute Gasteiger partial charge is 0.370 e. The molecule has 0 aromatic rings. The number of carbonyl (C=O) groups excluding carboxylic acids is 2. The third-order valence-electron chi connectivity index (χ3n) is 3.90. The van der Waals surface area contributed by atoms with Gasteiger partial charge in [-0.3, -0.25) is 9.59 Å². The molecule has 4 nitrogen and oxygen atoms in total. The van der Waals surface area contributed by atoms with E-state index in [1.54, 1.807) is 0 Å². The molecule has 0 saturated carbocycles. The van der Waals surface area contributed by atoms with E-state index in [4.69, 9.17) is 5.73 Å². The maximum absolute atomic E-state index is 11.4. The highest BCUT2D eigenvalue weighted by molar-refractivity contribution is 5.75. The van der Waals surface area contributed by atoms with E-state index in [0.717, 1.165) is 32.2 Å². The Hall–Kier alpha value is -1.06. The topological polar surface area (TPSA) is 72.2 Å². The fraction of sp³-hybridized carbons (Fsp3) is 0.889. The van der Waals surface area contributed by atoms with Crippen molar-refractivity contribution < 1.29 is 9.59 Å². The second kappa shape index (κ2) is 16.3. The summed E-state index contributed by atoms with van der Waals surface area (Å²) in [4.78, 5) is 21.9. The summed E-state index contributed by atoms with van der Waals surface area (Å²) in [5, 5.41) is 2.91. The molecule has 3 N–H and O–H groups in total. The quantitative estimate of drug-likeness (QED) is 0.422. The molecule has 0 aliphatic rings. The second-order valence-electron chi connectivity index (χ2n) is 6.21. The van der Waals surface area contributed by atoms with Crippen LogP contribution in [0.4, 0.5) is 0 Å². The number of amides is 2. The minimum Gasteiger partial charge on any atom is -0.370 e. The van der Waals surface area contributed by atoms with Crippen LogP contribution in [-0.4, -0.2) is 18.4 Å². The van der Waals surface area contributed by atoms with E-state index in [-0.39, 0.29) is 11.8 Å². The third-order valence-corrected chi connectivity index (χ3v) is 3.90. The van der Waals surface area contributed by atoms with Gasteiger partial charge in [-0.25, -0.2) is 0 Å². The molecule has 0 heterocycles. The standard InChI is InChI=1S/C18H36N2O2/c1-2-16-20-18(22)15-13-11-9-7-5-3-4-6-8-10-12-14-17(19)21/h2-16H2,1H3,(H2,19,21)(H,20,22). The zero-order valence-electron chi connectivity index (χ0n) is 14.5. The van der Waals surface area contributed by atoms with E-state index < -0.39 is 0 Å². The summed E-state index contributed by atoms with van der Waals surface area (Å²) in [5.74, 6) is 0.0287. The molecule has 0 aromatic heterocycles. The molecule has 2 amide bonds. The Labute approximate surface area is 136 Å². The Kier molecular flexibility index (Phi) is 15.5. The van der Waals surface area contributed by atoms with E-state index >= 15 is 0 Å². The lowest BCUT2D eigenvalue weighted by molar-refractivity contribution is -0.121. The number of rotatable bonds is 16. The Bertz CT molecular complexity index is 280. The molecular weight excluding hydrogens is 276 g/mol. The zero-order chi connectivity index (χ0) is 16.5.